The highest BCUT2D eigenvalue weighted by Gasteiger charge is 2.56. The van der Waals surface area contributed by atoms with Crippen molar-refractivity contribution < 1.29 is 101 Å². The third-order valence-electron chi connectivity index (χ3n) is 20.8. The van der Waals surface area contributed by atoms with E-state index in [1.807, 2.05) is 0 Å². The first-order valence-electron chi connectivity index (χ1n) is 34.5. The molecule has 2 saturated heterocycles. The van der Waals surface area contributed by atoms with E-state index in [9.17, 15) is 59.9 Å². The molecule has 0 radical (unpaired) electrons. The highest BCUT2D eigenvalue weighted by molar-refractivity contribution is 6.01. The van der Waals surface area contributed by atoms with Crippen LogP contribution in [0.1, 0.15) is 126 Å². The summed E-state index contributed by atoms with van der Waals surface area (Å²) in [6.07, 6.45) is -9.30. The summed E-state index contributed by atoms with van der Waals surface area (Å²) in [6.45, 7) is 1.09. The highest BCUT2D eigenvalue weighted by atomic mass is 19.4. The number of rotatable bonds is 9. The largest absolute Gasteiger partial charge is 0.422 e. The van der Waals surface area contributed by atoms with Crippen molar-refractivity contribution in [1.82, 2.24) is 60.0 Å². The predicted octanol–water partition coefficient (Wildman–Crippen LogP) is 4.94. The number of hydrogen-bond acceptors (Lipinski definition) is 12. The molecule has 5 aliphatic rings. The van der Waals surface area contributed by atoms with Crippen LogP contribution >= 0.6 is 0 Å². The summed E-state index contributed by atoms with van der Waals surface area (Å²) >= 11 is 0. The molecule has 2 aromatic rings. The lowest BCUT2D eigenvalue weighted by atomic mass is 9.74. The van der Waals surface area contributed by atoms with E-state index < -0.39 is 235 Å². The molecule has 1 spiro atoms. The number of carbonyl (C=O) groups is 12. The van der Waals surface area contributed by atoms with Gasteiger partial charge in [0.25, 0.3) is 5.92 Å². The number of carbonyl (C=O) groups excluding carboxylic acids is 12. The normalized spacial score (nSPS) is 26.4. The molecule has 2 aliphatic carbocycles. The van der Waals surface area contributed by atoms with Gasteiger partial charge in [0, 0.05) is 75.8 Å². The van der Waals surface area contributed by atoms with E-state index in [-0.39, 0.29) is 44.2 Å². The predicted molar refractivity (Wildman–Crippen MR) is 354 cm³/mol. The van der Waals surface area contributed by atoms with Crippen LogP contribution in [0.3, 0.4) is 0 Å². The van der Waals surface area contributed by atoms with Crippen LogP contribution < -0.4 is 16.0 Å². The summed E-state index contributed by atoms with van der Waals surface area (Å²) in [5, 5.41) is 7.58. The quantitative estimate of drug-likeness (QED) is 0.223. The molecular formula is C70H92F10N12O12. The molecular weight excluding hydrogens is 1390 g/mol. The van der Waals surface area contributed by atoms with Gasteiger partial charge in [-0.05, 0) is 112 Å². The van der Waals surface area contributed by atoms with Gasteiger partial charge >= 0.3 is 12.4 Å². The summed E-state index contributed by atoms with van der Waals surface area (Å²) in [5.74, 6) is -21.0. The Balaban J connectivity index is 1.33. The summed E-state index contributed by atoms with van der Waals surface area (Å²) in [4.78, 5) is 186. The molecule has 0 aromatic heterocycles. The molecule has 24 nitrogen and oxygen atoms in total. The molecule has 9 atom stereocenters. The van der Waals surface area contributed by atoms with Gasteiger partial charge in [0.05, 0.1) is 31.6 Å². The molecule has 574 valence electrons. The Morgan fingerprint density at radius 3 is 1.84 bits per heavy atom. The number of aryl methyl sites for hydroxylation is 1. The summed E-state index contributed by atoms with van der Waals surface area (Å²) in [7, 11) is 10.1. The van der Waals surface area contributed by atoms with Crippen LogP contribution in [-0.4, -0.2) is 257 Å². The van der Waals surface area contributed by atoms with Crippen LogP contribution in [-0.2, 0) is 82.7 Å². The highest BCUT2D eigenvalue weighted by Crippen LogP contribution is 2.41. The van der Waals surface area contributed by atoms with Gasteiger partial charge in [-0.3, -0.25) is 57.5 Å². The Kier molecular flexibility index (Phi) is 26.5. The van der Waals surface area contributed by atoms with Gasteiger partial charge in [-0.1, -0.05) is 57.4 Å². The number of fused-ring (bicyclic) bond motifs is 3. The van der Waals surface area contributed by atoms with Gasteiger partial charge in [0.15, 0.2) is 0 Å². The molecule has 3 N–H and O–H groups in total. The number of benzene rings is 2. The second-order valence-corrected chi connectivity index (χ2v) is 28.3. The Bertz CT molecular complexity index is 3580. The van der Waals surface area contributed by atoms with E-state index in [4.69, 9.17) is 0 Å². The van der Waals surface area contributed by atoms with Crippen molar-refractivity contribution in [1.29, 1.82) is 0 Å². The summed E-state index contributed by atoms with van der Waals surface area (Å²) < 4.78 is 145. The Morgan fingerprint density at radius 2 is 1.28 bits per heavy atom. The molecule has 2 saturated carbocycles. The van der Waals surface area contributed by atoms with E-state index in [0.717, 1.165) is 70.5 Å². The third-order valence-corrected chi connectivity index (χ3v) is 20.8. The molecule has 12 amide bonds. The number of nitrogens with one attached hydrogen (secondary N) is 3. The van der Waals surface area contributed by atoms with Crippen molar-refractivity contribution in [3.8, 4) is 0 Å². The molecule has 7 rings (SSSR count). The molecule has 0 unspecified atom stereocenters. The van der Waals surface area contributed by atoms with Crippen molar-refractivity contribution in [2.24, 2.45) is 11.8 Å². The third kappa shape index (κ3) is 19.0. The maximum Gasteiger partial charge on any atom is 0.422 e. The van der Waals surface area contributed by atoms with Gasteiger partial charge in [-0.15, -0.1) is 0 Å². The standard InChI is InChI=1S/C70H92F10N12O12/c1-12-39(2)56-64(102)86(7)37-54(95)88(9)48-21-14-13-17-30-91(63(48)101)50(33-41-22-25-44(26-23-41)69(75,76)77)62(100)85(6)36-52(93)81-47(27-24-42-31-45(71)55(46(72)32-42)70(78,79)80)60(98)92-38-68(73,74)35-51(92)59(97)83-67(28-18-29-67)66(104)90(11)57(43-19-15-16-20-43)65(103)89(10)49(61(99)84(4)5)34-53(94)87(8)40(3)58(96)82-56/h13-14,22-23,25-26,31-32,39-40,43,47-51,56-57H,12,15-21,24,27-30,33-38H2,1-11H3,(H,81,93)(H,82,96)(H,83,97)/b14-13-/t39-,40-,47-,48-,49-,50-,51-,56-,57-/m0/s1. The monoisotopic (exact) mass is 1480 g/mol. The van der Waals surface area contributed by atoms with Crippen molar-refractivity contribution in [3.63, 3.8) is 0 Å². The molecule has 3 aliphatic heterocycles. The molecule has 34 heteroatoms. The lowest BCUT2D eigenvalue weighted by molar-refractivity contribution is -0.157. The number of hydrogen-bond donors (Lipinski definition) is 3. The zero-order valence-corrected chi connectivity index (χ0v) is 60.0. The van der Waals surface area contributed by atoms with Gasteiger partial charge in [-0.2, -0.15) is 26.3 Å². The van der Waals surface area contributed by atoms with Crippen molar-refractivity contribution in [2.75, 3.05) is 82.6 Å². The average molecular weight is 1480 g/mol. The number of likely N-dealkylation sites (N-methyl/N-ethyl adjacent to an activating group) is 7. The van der Waals surface area contributed by atoms with Gasteiger partial charge < -0.3 is 60.0 Å². The van der Waals surface area contributed by atoms with Crippen molar-refractivity contribution in [3.05, 3.63) is 82.4 Å². The maximum atomic E-state index is 16.0. The van der Waals surface area contributed by atoms with Gasteiger partial charge in [0.2, 0.25) is 70.9 Å². The first kappa shape index (κ1) is 82.4. The fraction of sp³-hybridized carbons (Fsp3) is 0.629. The van der Waals surface area contributed by atoms with E-state index >= 15 is 41.5 Å². The number of amides is 12. The number of nitrogens with zero attached hydrogens (tertiary/aromatic N) is 9. The molecule has 3 heterocycles. The second kappa shape index (κ2) is 33.5. The van der Waals surface area contributed by atoms with E-state index in [0.29, 0.717) is 49.1 Å². The smallest absolute Gasteiger partial charge is 0.347 e. The van der Waals surface area contributed by atoms with E-state index in [2.05, 4.69) is 16.0 Å². The zero-order valence-electron chi connectivity index (χ0n) is 60.0. The molecule has 104 heavy (non-hydrogen) atoms. The Morgan fingerprint density at radius 1 is 0.673 bits per heavy atom. The first-order valence-corrected chi connectivity index (χ1v) is 34.5. The fourth-order valence-corrected chi connectivity index (χ4v) is 14.0. The zero-order chi connectivity index (χ0) is 77.6. The van der Waals surface area contributed by atoms with E-state index in [1.165, 1.54) is 56.3 Å². The molecule has 4 fully saturated rings. The van der Waals surface area contributed by atoms with Crippen LogP contribution in [0.5, 0.6) is 0 Å². The number of halogens is 10. The fourth-order valence-electron chi connectivity index (χ4n) is 14.0. The maximum absolute atomic E-state index is 16.0. The summed E-state index contributed by atoms with van der Waals surface area (Å²) in [6, 6.07) is -9.05. The van der Waals surface area contributed by atoms with Crippen LogP contribution in [0, 0.1) is 23.5 Å². The topological polar surface area (TPSA) is 270 Å². The summed E-state index contributed by atoms with van der Waals surface area (Å²) in [5.41, 5.74) is -5.76. The van der Waals surface area contributed by atoms with Crippen LogP contribution in [0.15, 0.2) is 48.6 Å². The SMILES string of the molecule is CC[C@H](C)[C@@H]1NC(=O)[C@H](C)N(C)C(=O)C[C@@H](C(=O)N(C)C)N(C)C(=O)[C@H](C2CCCC2)N(C)C(=O)C2(CCC2)NC(=O)[C@@H]2CC(F)(F)CN2C(=O)[C@H](CCc2cc(F)c(C(F)(F)F)c(F)c2)NC(=O)CN(C)C(=O)[C@H](Cc2ccc(C(F)(F)F)cc2)N2CC/C=C\C[C@@H](C2=O)N(C)C(=O)CN(C)C1=O. The van der Waals surface area contributed by atoms with Gasteiger partial charge in [-0.25, -0.2) is 17.6 Å². The second-order valence-electron chi connectivity index (χ2n) is 28.3. The number of alkyl halides is 8. The average Bonchev–Trinajstić information content (AvgIpc) is 1.31. The minimum absolute atomic E-state index is 0.0502. The van der Waals surface area contributed by atoms with Crippen LogP contribution in [0.4, 0.5) is 43.9 Å². The lowest BCUT2D eigenvalue weighted by Crippen LogP contribution is -2.68. The Labute approximate surface area is 596 Å². The van der Waals surface area contributed by atoms with E-state index in [1.54, 1.807) is 26.0 Å². The first-order chi connectivity index (χ1) is 48.4. The van der Waals surface area contributed by atoms with Crippen LogP contribution in [0.25, 0.3) is 0 Å². The minimum Gasteiger partial charge on any atom is -0.347 e. The van der Waals surface area contributed by atoms with Crippen LogP contribution in [0.2, 0.25) is 0 Å². The molecule has 2 aromatic carbocycles. The lowest BCUT2D eigenvalue weighted by Gasteiger charge is -2.46. The van der Waals surface area contributed by atoms with Crippen molar-refractivity contribution >= 4 is 70.9 Å². The molecule has 2 bridgehead atoms. The van der Waals surface area contributed by atoms with Crippen molar-refractivity contribution in [2.45, 2.75) is 189 Å². The van der Waals surface area contributed by atoms with Gasteiger partial charge in [0.1, 0.15) is 71.1 Å². The Hall–Kier alpha value is -8.88. The minimum atomic E-state index is -5.52.